The lowest BCUT2D eigenvalue weighted by Crippen LogP contribution is -2.37. The standard InChI is InChI=1S/C13H26N6O/c1-7-8-14-10-15-11(17-12(16-10)19(4)5)18-13(2,3)9-20-6/h7-9H2,1-6H3,(H2,14,15,16,17,18). The Kier molecular flexibility index (Phi) is 5.94. The maximum absolute atomic E-state index is 5.19. The van der Waals surface area contributed by atoms with Crippen molar-refractivity contribution in [1.29, 1.82) is 0 Å². The van der Waals surface area contributed by atoms with Crippen molar-refractivity contribution in [2.24, 2.45) is 0 Å². The van der Waals surface area contributed by atoms with Crippen LogP contribution in [-0.4, -0.2) is 54.8 Å². The molecule has 7 nitrogen and oxygen atoms in total. The van der Waals surface area contributed by atoms with Gasteiger partial charge in [-0.05, 0) is 20.3 Å². The predicted octanol–water partition coefficient (Wildman–Crippen LogP) is 1.60. The highest BCUT2D eigenvalue weighted by Gasteiger charge is 2.19. The highest BCUT2D eigenvalue weighted by molar-refractivity contribution is 5.44. The van der Waals surface area contributed by atoms with Crippen LogP contribution in [0.25, 0.3) is 0 Å². The molecule has 0 bridgehead atoms. The van der Waals surface area contributed by atoms with Crippen molar-refractivity contribution in [2.45, 2.75) is 32.7 Å². The Morgan fingerprint density at radius 3 is 2.35 bits per heavy atom. The summed E-state index contributed by atoms with van der Waals surface area (Å²) in [6.07, 6.45) is 1.01. The lowest BCUT2D eigenvalue weighted by atomic mass is 10.1. The maximum atomic E-state index is 5.19. The summed E-state index contributed by atoms with van der Waals surface area (Å²) in [6.45, 7) is 7.57. The third-order valence-electron chi connectivity index (χ3n) is 2.51. The average Bonchev–Trinajstić information content (AvgIpc) is 2.35. The summed E-state index contributed by atoms with van der Waals surface area (Å²) in [5.41, 5.74) is -0.248. The third-order valence-corrected chi connectivity index (χ3v) is 2.51. The second kappa shape index (κ2) is 7.23. The second-order valence-electron chi connectivity index (χ2n) is 5.55. The van der Waals surface area contributed by atoms with Crippen molar-refractivity contribution < 1.29 is 4.74 Å². The van der Waals surface area contributed by atoms with Crippen LogP contribution in [0.4, 0.5) is 17.8 Å². The highest BCUT2D eigenvalue weighted by Crippen LogP contribution is 2.16. The normalized spacial score (nSPS) is 11.3. The highest BCUT2D eigenvalue weighted by atomic mass is 16.5. The van der Waals surface area contributed by atoms with E-state index < -0.39 is 0 Å². The molecule has 1 aromatic heterocycles. The fraction of sp³-hybridized carbons (Fsp3) is 0.769. The van der Waals surface area contributed by atoms with Gasteiger partial charge in [-0.2, -0.15) is 15.0 Å². The van der Waals surface area contributed by atoms with Crippen molar-refractivity contribution in [1.82, 2.24) is 15.0 Å². The van der Waals surface area contributed by atoms with E-state index in [1.165, 1.54) is 0 Å². The molecule has 7 heteroatoms. The zero-order valence-electron chi connectivity index (χ0n) is 13.3. The number of ether oxygens (including phenoxy) is 1. The number of rotatable bonds is 8. The Bertz CT molecular complexity index is 421. The topological polar surface area (TPSA) is 75.2 Å². The smallest absolute Gasteiger partial charge is 0.231 e. The summed E-state index contributed by atoms with van der Waals surface area (Å²) in [6, 6.07) is 0. The largest absolute Gasteiger partial charge is 0.382 e. The minimum Gasteiger partial charge on any atom is -0.382 e. The number of nitrogens with zero attached hydrogens (tertiary/aromatic N) is 4. The number of nitrogens with one attached hydrogen (secondary N) is 2. The summed E-state index contributed by atoms with van der Waals surface area (Å²) in [5, 5.41) is 6.47. The fourth-order valence-electron chi connectivity index (χ4n) is 1.64. The maximum Gasteiger partial charge on any atom is 0.231 e. The molecule has 0 atom stereocenters. The SMILES string of the molecule is CCCNc1nc(NC(C)(C)COC)nc(N(C)C)n1. The number of anilines is 3. The first-order chi connectivity index (χ1) is 9.38. The molecule has 0 saturated carbocycles. The average molecular weight is 282 g/mol. The van der Waals surface area contributed by atoms with Crippen LogP contribution in [0.1, 0.15) is 27.2 Å². The zero-order chi connectivity index (χ0) is 15.2. The van der Waals surface area contributed by atoms with Gasteiger partial charge < -0.3 is 20.3 Å². The van der Waals surface area contributed by atoms with Crippen LogP contribution in [0, 0.1) is 0 Å². The summed E-state index contributed by atoms with van der Waals surface area (Å²) in [5.74, 6) is 1.75. The van der Waals surface area contributed by atoms with Gasteiger partial charge in [0.25, 0.3) is 0 Å². The van der Waals surface area contributed by atoms with Gasteiger partial charge in [0.1, 0.15) is 0 Å². The molecule has 0 aliphatic rings. The van der Waals surface area contributed by atoms with Crippen molar-refractivity contribution in [3.63, 3.8) is 0 Å². The fourth-order valence-corrected chi connectivity index (χ4v) is 1.64. The number of methoxy groups -OCH3 is 1. The Morgan fingerprint density at radius 1 is 1.15 bits per heavy atom. The van der Waals surface area contributed by atoms with Crippen LogP contribution >= 0.6 is 0 Å². The van der Waals surface area contributed by atoms with Crippen LogP contribution in [0.15, 0.2) is 0 Å². The van der Waals surface area contributed by atoms with E-state index in [-0.39, 0.29) is 5.54 Å². The van der Waals surface area contributed by atoms with E-state index in [0.29, 0.717) is 24.5 Å². The van der Waals surface area contributed by atoms with Gasteiger partial charge in [0.2, 0.25) is 17.8 Å². The minimum atomic E-state index is -0.248. The Hall–Kier alpha value is -1.63. The molecule has 2 N–H and O–H groups in total. The minimum absolute atomic E-state index is 0.248. The van der Waals surface area contributed by atoms with Crippen LogP contribution in [-0.2, 0) is 4.74 Å². The summed E-state index contributed by atoms with van der Waals surface area (Å²) >= 11 is 0. The Balaban J connectivity index is 2.96. The second-order valence-corrected chi connectivity index (χ2v) is 5.55. The van der Waals surface area contributed by atoms with Gasteiger partial charge in [-0.3, -0.25) is 0 Å². The predicted molar refractivity (Wildman–Crippen MR) is 82.5 cm³/mol. The number of hydrogen-bond donors (Lipinski definition) is 2. The molecule has 0 radical (unpaired) electrons. The quantitative estimate of drug-likeness (QED) is 0.750. The lowest BCUT2D eigenvalue weighted by molar-refractivity contribution is 0.158. The van der Waals surface area contributed by atoms with E-state index in [1.54, 1.807) is 7.11 Å². The van der Waals surface area contributed by atoms with E-state index in [4.69, 9.17) is 4.74 Å². The van der Waals surface area contributed by atoms with Crippen molar-refractivity contribution in [3.05, 3.63) is 0 Å². The van der Waals surface area contributed by atoms with Crippen molar-refractivity contribution in [2.75, 3.05) is 49.9 Å². The first kappa shape index (κ1) is 16.4. The van der Waals surface area contributed by atoms with E-state index in [9.17, 15) is 0 Å². The molecule has 0 spiro atoms. The van der Waals surface area contributed by atoms with E-state index in [0.717, 1.165) is 13.0 Å². The molecule has 20 heavy (non-hydrogen) atoms. The van der Waals surface area contributed by atoms with E-state index in [1.807, 2.05) is 32.8 Å². The van der Waals surface area contributed by atoms with Crippen LogP contribution < -0.4 is 15.5 Å². The number of aromatic nitrogens is 3. The van der Waals surface area contributed by atoms with Crippen LogP contribution in [0.3, 0.4) is 0 Å². The molecule has 0 fully saturated rings. The first-order valence-electron chi connectivity index (χ1n) is 6.82. The van der Waals surface area contributed by atoms with Crippen LogP contribution in [0.5, 0.6) is 0 Å². The van der Waals surface area contributed by atoms with Gasteiger partial charge in [0, 0.05) is 27.7 Å². The first-order valence-corrected chi connectivity index (χ1v) is 6.82. The monoisotopic (exact) mass is 282 g/mol. The van der Waals surface area contributed by atoms with E-state index in [2.05, 4.69) is 32.5 Å². The molecule has 0 unspecified atom stereocenters. The summed E-state index contributed by atoms with van der Waals surface area (Å²) in [7, 11) is 5.49. The Morgan fingerprint density at radius 2 is 1.80 bits per heavy atom. The molecule has 0 aliphatic carbocycles. The van der Waals surface area contributed by atoms with E-state index >= 15 is 0 Å². The van der Waals surface area contributed by atoms with Gasteiger partial charge in [-0.15, -0.1) is 0 Å². The summed E-state index contributed by atoms with van der Waals surface area (Å²) < 4.78 is 5.19. The van der Waals surface area contributed by atoms with Gasteiger partial charge in [0.05, 0.1) is 12.1 Å². The van der Waals surface area contributed by atoms with Gasteiger partial charge in [-0.1, -0.05) is 6.92 Å². The van der Waals surface area contributed by atoms with Gasteiger partial charge in [0.15, 0.2) is 0 Å². The molecule has 1 aromatic rings. The molecule has 0 amide bonds. The number of hydrogen-bond acceptors (Lipinski definition) is 7. The molecular weight excluding hydrogens is 256 g/mol. The van der Waals surface area contributed by atoms with Crippen LogP contribution in [0.2, 0.25) is 0 Å². The molecule has 1 heterocycles. The van der Waals surface area contributed by atoms with Gasteiger partial charge in [-0.25, -0.2) is 0 Å². The third kappa shape index (κ3) is 5.16. The molecule has 114 valence electrons. The lowest BCUT2D eigenvalue weighted by Gasteiger charge is -2.25. The van der Waals surface area contributed by atoms with Crippen molar-refractivity contribution in [3.8, 4) is 0 Å². The molecule has 0 aromatic carbocycles. The molecule has 1 rings (SSSR count). The molecule has 0 aliphatic heterocycles. The molecule has 0 saturated heterocycles. The van der Waals surface area contributed by atoms with Gasteiger partial charge >= 0.3 is 0 Å². The molecular formula is C13H26N6O. The zero-order valence-corrected chi connectivity index (χ0v) is 13.3. The Labute approximate surface area is 121 Å². The van der Waals surface area contributed by atoms with Crippen molar-refractivity contribution >= 4 is 17.8 Å². The summed E-state index contributed by atoms with van der Waals surface area (Å²) in [4.78, 5) is 15.0.